The number of hydrogen-bond donors (Lipinski definition) is 2. The van der Waals surface area contributed by atoms with Crippen molar-refractivity contribution in [3.8, 4) is 21.9 Å². The van der Waals surface area contributed by atoms with Crippen LogP contribution in [0, 0.1) is 0 Å². The van der Waals surface area contributed by atoms with Crippen molar-refractivity contribution in [2.75, 3.05) is 5.32 Å². The van der Waals surface area contributed by atoms with E-state index in [4.69, 9.17) is 4.42 Å². The molecule has 4 heterocycles. The predicted molar refractivity (Wildman–Crippen MR) is 102 cm³/mol. The summed E-state index contributed by atoms with van der Waals surface area (Å²) in [7, 11) is 0. The van der Waals surface area contributed by atoms with Crippen molar-refractivity contribution < 1.29 is 4.42 Å². The van der Waals surface area contributed by atoms with Crippen LogP contribution in [0.15, 0.2) is 71.6 Å². The molecule has 0 saturated heterocycles. The first-order valence-corrected chi connectivity index (χ1v) is 8.85. The van der Waals surface area contributed by atoms with Crippen LogP contribution in [-0.4, -0.2) is 20.2 Å². The molecule has 0 aliphatic heterocycles. The molecule has 0 bridgehead atoms. The van der Waals surface area contributed by atoms with Crippen molar-refractivity contribution in [3.63, 3.8) is 0 Å². The topological polar surface area (TPSA) is 79.6 Å². The SMILES string of the molecule is c1ccc(-c2cc3ncnc(Nc4cc(-c5ccco5)[nH]n4)c3s2)cc1. The summed E-state index contributed by atoms with van der Waals surface area (Å²) in [5.74, 6) is 2.15. The van der Waals surface area contributed by atoms with E-state index in [0.717, 1.165) is 32.4 Å². The minimum atomic E-state index is 0.672. The molecule has 0 radical (unpaired) electrons. The summed E-state index contributed by atoms with van der Waals surface area (Å²) in [5.41, 5.74) is 2.88. The van der Waals surface area contributed by atoms with Crippen molar-refractivity contribution in [1.82, 2.24) is 20.2 Å². The van der Waals surface area contributed by atoms with E-state index in [9.17, 15) is 0 Å². The summed E-state index contributed by atoms with van der Waals surface area (Å²) in [5, 5.41) is 10.5. The van der Waals surface area contributed by atoms with Gasteiger partial charge in [0.25, 0.3) is 0 Å². The summed E-state index contributed by atoms with van der Waals surface area (Å²) in [4.78, 5) is 9.94. The van der Waals surface area contributed by atoms with Crippen molar-refractivity contribution in [2.24, 2.45) is 0 Å². The number of thiophene rings is 1. The molecule has 0 amide bonds. The van der Waals surface area contributed by atoms with E-state index in [-0.39, 0.29) is 0 Å². The average Bonchev–Trinajstić information content (AvgIpc) is 3.42. The second-order valence-corrected chi connectivity index (χ2v) is 6.73. The Morgan fingerprint density at radius 3 is 2.77 bits per heavy atom. The van der Waals surface area contributed by atoms with Gasteiger partial charge in [0.2, 0.25) is 0 Å². The normalized spacial score (nSPS) is 11.1. The van der Waals surface area contributed by atoms with Crippen LogP contribution < -0.4 is 5.32 Å². The Labute approximate surface area is 152 Å². The molecular formula is C19H13N5OS. The van der Waals surface area contributed by atoms with E-state index in [2.05, 4.69) is 43.7 Å². The lowest BCUT2D eigenvalue weighted by Crippen LogP contribution is -1.94. The van der Waals surface area contributed by atoms with Crippen LogP contribution in [0.3, 0.4) is 0 Å². The third kappa shape index (κ3) is 2.64. The first kappa shape index (κ1) is 14.9. The zero-order chi connectivity index (χ0) is 17.3. The molecule has 6 nitrogen and oxygen atoms in total. The van der Waals surface area contributed by atoms with Crippen LogP contribution in [0.2, 0.25) is 0 Å². The molecule has 26 heavy (non-hydrogen) atoms. The van der Waals surface area contributed by atoms with E-state index < -0.39 is 0 Å². The van der Waals surface area contributed by atoms with Crippen LogP contribution in [0.4, 0.5) is 11.6 Å². The Bertz CT molecular complexity index is 1160. The molecule has 126 valence electrons. The van der Waals surface area contributed by atoms with Crippen molar-refractivity contribution >= 4 is 33.2 Å². The van der Waals surface area contributed by atoms with Crippen LogP contribution in [-0.2, 0) is 0 Å². The number of aromatic nitrogens is 4. The van der Waals surface area contributed by atoms with Crippen LogP contribution in [0.5, 0.6) is 0 Å². The smallest absolute Gasteiger partial charge is 0.154 e. The van der Waals surface area contributed by atoms with Gasteiger partial charge in [-0.25, -0.2) is 9.97 Å². The lowest BCUT2D eigenvalue weighted by Gasteiger charge is -2.01. The highest BCUT2D eigenvalue weighted by molar-refractivity contribution is 7.22. The monoisotopic (exact) mass is 359 g/mol. The molecule has 0 aliphatic rings. The first-order valence-electron chi connectivity index (χ1n) is 8.03. The molecule has 0 saturated carbocycles. The third-order valence-corrected chi connectivity index (χ3v) is 5.16. The number of benzene rings is 1. The van der Waals surface area contributed by atoms with E-state index >= 15 is 0 Å². The zero-order valence-corrected chi connectivity index (χ0v) is 14.3. The lowest BCUT2D eigenvalue weighted by molar-refractivity contribution is 0.580. The molecule has 0 fully saturated rings. The number of H-pyrrole nitrogens is 1. The molecule has 5 aromatic rings. The number of furan rings is 1. The van der Waals surface area contributed by atoms with Gasteiger partial charge in [0, 0.05) is 10.9 Å². The van der Waals surface area contributed by atoms with Gasteiger partial charge in [0.05, 0.1) is 16.5 Å². The van der Waals surface area contributed by atoms with Crippen molar-refractivity contribution in [1.29, 1.82) is 0 Å². The number of nitrogens with zero attached hydrogens (tertiary/aromatic N) is 3. The number of aromatic amines is 1. The third-order valence-electron chi connectivity index (χ3n) is 3.98. The van der Waals surface area contributed by atoms with Gasteiger partial charge < -0.3 is 9.73 Å². The molecular weight excluding hydrogens is 346 g/mol. The number of fused-ring (bicyclic) bond motifs is 1. The molecule has 2 N–H and O–H groups in total. The van der Waals surface area contributed by atoms with E-state index in [1.807, 2.05) is 36.4 Å². The standard InChI is InChI=1S/C19H13N5OS/c1-2-5-12(6-3-1)16-9-14-18(26-16)19(21-11-20-14)22-17-10-13(23-24-17)15-7-4-8-25-15/h1-11H,(H2,20,21,22,23,24). The second-order valence-electron chi connectivity index (χ2n) is 5.68. The number of nitrogens with one attached hydrogen (secondary N) is 2. The van der Waals surface area contributed by atoms with Gasteiger partial charge >= 0.3 is 0 Å². The fourth-order valence-electron chi connectivity index (χ4n) is 2.75. The van der Waals surface area contributed by atoms with Gasteiger partial charge in [-0.05, 0) is 23.8 Å². The summed E-state index contributed by atoms with van der Waals surface area (Å²) >= 11 is 1.66. The van der Waals surface area contributed by atoms with Crippen molar-refractivity contribution in [2.45, 2.75) is 0 Å². The Balaban J connectivity index is 1.50. The fraction of sp³-hybridized carbons (Fsp3) is 0. The largest absolute Gasteiger partial charge is 0.463 e. The molecule has 1 aromatic carbocycles. The Hall–Kier alpha value is -3.45. The maximum absolute atomic E-state index is 5.38. The zero-order valence-electron chi connectivity index (χ0n) is 13.5. The van der Waals surface area contributed by atoms with Gasteiger partial charge in [-0.2, -0.15) is 5.10 Å². The molecule has 0 unspecified atom stereocenters. The highest BCUT2D eigenvalue weighted by Gasteiger charge is 2.12. The molecule has 7 heteroatoms. The average molecular weight is 359 g/mol. The van der Waals surface area contributed by atoms with Gasteiger partial charge in [0.15, 0.2) is 17.4 Å². The van der Waals surface area contributed by atoms with Gasteiger partial charge in [-0.1, -0.05) is 30.3 Å². The van der Waals surface area contributed by atoms with Crippen LogP contribution in [0.25, 0.3) is 32.1 Å². The molecule has 0 aliphatic carbocycles. The Kier molecular flexibility index (Phi) is 3.50. The fourth-order valence-corrected chi connectivity index (χ4v) is 3.81. The molecule has 4 aromatic heterocycles. The summed E-state index contributed by atoms with van der Waals surface area (Å²) in [6.45, 7) is 0. The van der Waals surface area contributed by atoms with Crippen LogP contribution >= 0.6 is 11.3 Å². The molecule has 5 rings (SSSR count). The summed E-state index contributed by atoms with van der Waals surface area (Å²) < 4.78 is 6.38. The van der Waals surface area contributed by atoms with E-state index in [1.54, 1.807) is 23.9 Å². The Morgan fingerprint density at radius 2 is 1.92 bits per heavy atom. The molecule has 0 atom stereocenters. The number of anilines is 2. The van der Waals surface area contributed by atoms with E-state index in [0.29, 0.717) is 5.82 Å². The number of rotatable bonds is 4. The quantitative estimate of drug-likeness (QED) is 0.467. The Morgan fingerprint density at radius 1 is 1.00 bits per heavy atom. The van der Waals surface area contributed by atoms with Gasteiger partial charge in [-0.15, -0.1) is 11.3 Å². The lowest BCUT2D eigenvalue weighted by atomic mass is 10.2. The van der Waals surface area contributed by atoms with Gasteiger partial charge in [-0.3, -0.25) is 5.10 Å². The summed E-state index contributed by atoms with van der Waals surface area (Å²) in [6, 6.07) is 18.0. The minimum Gasteiger partial charge on any atom is -0.463 e. The van der Waals surface area contributed by atoms with Crippen molar-refractivity contribution in [3.05, 3.63) is 67.2 Å². The van der Waals surface area contributed by atoms with E-state index in [1.165, 1.54) is 5.56 Å². The predicted octanol–water partition coefficient (Wildman–Crippen LogP) is 5.09. The summed E-state index contributed by atoms with van der Waals surface area (Å²) in [6.07, 6.45) is 3.19. The minimum absolute atomic E-state index is 0.672. The highest BCUT2D eigenvalue weighted by Crippen LogP contribution is 2.36. The van der Waals surface area contributed by atoms with Crippen LogP contribution in [0.1, 0.15) is 0 Å². The highest BCUT2D eigenvalue weighted by atomic mass is 32.1. The molecule has 0 spiro atoms. The first-order chi connectivity index (χ1) is 12.9. The number of hydrogen-bond acceptors (Lipinski definition) is 6. The maximum Gasteiger partial charge on any atom is 0.154 e. The maximum atomic E-state index is 5.38. The van der Waals surface area contributed by atoms with Gasteiger partial charge in [0.1, 0.15) is 12.0 Å². The second kappa shape index (κ2) is 6.12.